The lowest BCUT2D eigenvalue weighted by atomic mass is 10.1. The second-order valence-corrected chi connectivity index (χ2v) is 4.69. The van der Waals surface area contributed by atoms with Crippen LogP contribution in [0.1, 0.15) is 31.5 Å². The summed E-state index contributed by atoms with van der Waals surface area (Å²) in [7, 11) is 1.69. The lowest BCUT2D eigenvalue weighted by molar-refractivity contribution is -0.0125. The third-order valence-electron chi connectivity index (χ3n) is 2.81. The Morgan fingerprint density at radius 1 is 1.50 bits per heavy atom. The minimum atomic E-state index is -0.182. The van der Waals surface area contributed by atoms with E-state index in [4.69, 9.17) is 20.6 Å². The largest absolute Gasteiger partial charge is 0.382 e. The standard InChI is InChI=1S/C13H21N3O2/c1-13(2,17-3)6-8-18-9-10-5-4-7-16-11(10)12(14)15/h4-5,7H,6,8-9H2,1-3H3,(H3,14,15). The molecule has 5 heteroatoms. The molecule has 0 aliphatic rings. The van der Waals surface area contributed by atoms with E-state index in [2.05, 4.69) is 4.98 Å². The van der Waals surface area contributed by atoms with Crippen LogP contribution in [0.15, 0.2) is 18.3 Å². The summed E-state index contributed by atoms with van der Waals surface area (Å²) < 4.78 is 10.9. The van der Waals surface area contributed by atoms with Gasteiger partial charge in [-0.05, 0) is 26.3 Å². The van der Waals surface area contributed by atoms with Crippen molar-refractivity contribution in [3.63, 3.8) is 0 Å². The molecule has 1 aromatic heterocycles. The first-order chi connectivity index (χ1) is 8.46. The number of methoxy groups -OCH3 is 1. The summed E-state index contributed by atoms with van der Waals surface area (Å²) in [5.74, 6) is -0.0357. The van der Waals surface area contributed by atoms with E-state index >= 15 is 0 Å². The van der Waals surface area contributed by atoms with Crippen molar-refractivity contribution in [2.75, 3.05) is 13.7 Å². The third kappa shape index (κ3) is 4.43. The van der Waals surface area contributed by atoms with Gasteiger partial charge in [0.2, 0.25) is 0 Å². The van der Waals surface area contributed by atoms with Crippen LogP contribution in [0.25, 0.3) is 0 Å². The molecular formula is C13H21N3O2. The van der Waals surface area contributed by atoms with Crippen molar-refractivity contribution in [3.05, 3.63) is 29.6 Å². The number of hydrogen-bond donors (Lipinski definition) is 2. The zero-order valence-corrected chi connectivity index (χ0v) is 11.2. The average molecular weight is 251 g/mol. The Morgan fingerprint density at radius 2 is 2.22 bits per heavy atom. The quantitative estimate of drug-likeness (QED) is 0.439. The molecular weight excluding hydrogens is 230 g/mol. The van der Waals surface area contributed by atoms with Gasteiger partial charge in [-0.25, -0.2) is 0 Å². The van der Waals surface area contributed by atoms with E-state index in [0.29, 0.717) is 18.9 Å². The second kappa shape index (κ2) is 6.47. The number of amidine groups is 1. The Bertz CT molecular complexity index is 405. The summed E-state index contributed by atoms with van der Waals surface area (Å²) in [4.78, 5) is 4.07. The molecule has 0 aliphatic carbocycles. The number of aromatic nitrogens is 1. The Hall–Kier alpha value is -1.46. The summed E-state index contributed by atoms with van der Waals surface area (Å²) in [5.41, 5.74) is 6.60. The van der Waals surface area contributed by atoms with E-state index in [0.717, 1.165) is 12.0 Å². The molecule has 0 atom stereocenters. The fourth-order valence-electron chi connectivity index (χ4n) is 1.40. The monoisotopic (exact) mass is 251 g/mol. The number of nitrogens with one attached hydrogen (secondary N) is 1. The van der Waals surface area contributed by atoms with Gasteiger partial charge in [0.25, 0.3) is 0 Å². The van der Waals surface area contributed by atoms with Gasteiger partial charge in [-0.2, -0.15) is 0 Å². The molecule has 0 aliphatic heterocycles. The molecule has 0 saturated carbocycles. The first-order valence-electron chi connectivity index (χ1n) is 5.87. The van der Waals surface area contributed by atoms with Crippen LogP contribution in [0.2, 0.25) is 0 Å². The Labute approximate surface area is 108 Å². The molecule has 0 unspecified atom stereocenters. The molecule has 3 N–H and O–H groups in total. The van der Waals surface area contributed by atoms with Crippen LogP contribution in [0.4, 0.5) is 0 Å². The zero-order chi connectivity index (χ0) is 13.6. The molecule has 1 rings (SSSR count). The summed E-state index contributed by atoms with van der Waals surface area (Å²) >= 11 is 0. The Balaban J connectivity index is 2.47. The van der Waals surface area contributed by atoms with Crippen molar-refractivity contribution in [3.8, 4) is 0 Å². The minimum absolute atomic E-state index is 0.0357. The van der Waals surface area contributed by atoms with Gasteiger partial charge >= 0.3 is 0 Å². The first-order valence-corrected chi connectivity index (χ1v) is 5.87. The van der Waals surface area contributed by atoms with Crippen molar-refractivity contribution in [1.82, 2.24) is 4.98 Å². The van der Waals surface area contributed by atoms with E-state index < -0.39 is 0 Å². The van der Waals surface area contributed by atoms with E-state index in [9.17, 15) is 0 Å². The van der Waals surface area contributed by atoms with Crippen LogP contribution in [0.5, 0.6) is 0 Å². The van der Waals surface area contributed by atoms with Gasteiger partial charge in [-0.3, -0.25) is 10.4 Å². The van der Waals surface area contributed by atoms with Crippen LogP contribution < -0.4 is 5.73 Å². The van der Waals surface area contributed by atoms with Crippen LogP contribution in [-0.2, 0) is 16.1 Å². The normalized spacial score (nSPS) is 11.5. The van der Waals surface area contributed by atoms with Crippen LogP contribution in [0.3, 0.4) is 0 Å². The molecule has 1 aromatic rings. The van der Waals surface area contributed by atoms with Crippen molar-refractivity contribution >= 4 is 5.84 Å². The van der Waals surface area contributed by atoms with E-state index in [1.807, 2.05) is 26.0 Å². The molecule has 0 saturated heterocycles. The number of nitrogen functional groups attached to an aromatic ring is 1. The summed E-state index contributed by atoms with van der Waals surface area (Å²) in [6.45, 7) is 5.03. The molecule has 0 spiro atoms. The maximum Gasteiger partial charge on any atom is 0.142 e. The molecule has 1 heterocycles. The van der Waals surface area contributed by atoms with Gasteiger partial charge in [0.05, 0.1) is 12.2 Å². The number of hydrogen-bond acceptors (Lipinski definition) is 4. The van der Waals surface area contributed by atoms with Crippen molar-refractivity contribution in [2.45, 2.75) is 32.5 Å². The van der Waals surface area contributed by atoms with Gasteiger partial charge in [0.1, 0.15) is 11.5 Å². The van der Waals surface area contributed by atoms with Crippen LogP contribution in [0, 0.1) is 5.41 Å². The van der Waals surface area contributed by atoms with E-state index in [1.165, 1.54) is 0 Å². The van der Waals surface area contributed by atoms with Crippen LogP contribution in [-0.4, -0.2) is 30.1 Å². The lowest BCUT2D eigenvalue weighted by Gasteiger charge is -2.22. The predicted molar refractivity (Wildman–Crippen MR) is 70.6 cm³/mol. The highest BCUT2D eigenvalue weighted by molar-refractivity contribution is 5.94. The average Bonchev–Trinajstić information content (AvgIpc) is 2.35. The Kier molecular flexibility index (Phi) is 5.25. The summed E-state index contributed by atoms with van der Waals surface area (Å²) in [5, 5.41) is 7.43. The second-order valence-electron chi connectivity index (χ2n) is 4.69. The fraction of sp³-hybridized carbons (Fsp3) is 0.538. The van der Waals surface area contributed by atoms with Gasteiger partial charge in [-0.1, -0.05) is 6.07 Å². The highest BCUT2D eigenvalue weighted by atomic mass is 16.5. The highest BCUT2D eigenvalue weighted by Crippen LogP contribution is 2.13. The van der Waals surface area contributed by atoms with Crippen LogP contribution >= 0.6 is 0 Å². The van der Waals surface area contributed by atoms with Gasteiger partial charge in [0, 0.05) is 25.5 Å². The van der Waals surface area contributed by atoms with Crippen molar-refractivity contribution in [1.29, 1.82) is 5.41 Å². The lowest BCUT2D eigenvalue weighted by Crippen LogP contribution is -2.24. The summed E-state index contributed by atoms with van der Waals surface area (Å²) in [6, 6.07) is 3.68. The van der Waals surface area contributed by atoms with Crippen molar-refractivity contribution in [2.24, 2.45) is 5.73 Å². The fourth-order valence-corrected chi connectivity index (χ4v) is 1.40. The molecule has 5 nitrogen and oxygen atoms in total. The number of nitrogens with zero attached hydrogens (tertiary/aromatic N) is 1. The third-order valence-corrected chi connectivity index (χ3v) is 2.81. The predicted octanol–water partition coefficient (Wildman–Crippen LogP) is 1.70. The SMILES string of the molecule is COC(C)(C)CCOCc1cccnc1C(=N)N. The molecule has 0 fully saturated rings. The molecule has 0 bridgehead atoms. The maximum absolute atomic E-state index is 7.43. The molecule has 0 radical (unpaired) electrons. The molecule has 0 amide bonds. The number of ether oxygens (including phenoxy) is 2. The van der Waals surface area contributed by atoms with Gasteiger partial charge in [-0.15, -0.1) is 0 Å². The van der Waals surface area contributed by atoms with Crippen molar-refractivity contribution < 1.29 is 9.47 Å². The van der Waals surface area contributed by atoms with E-state index in [1.54, 1.807) is 13.3 Å². The summed E-state index contributed by atoms with van der Waals surface area (Å²) in [6.07, 6.45) is 2.42. The first kappa shape index (κ1) is 14.6. The smallest absolute Gasteiger partial charge is 0.142 e. The molecule has 18 heavy (non-hydrogen) atoms. The Morgan fingerprint density at radius 3 is 2.83 bits per heavy atom. The maximum atomic E-state index is 7.43. The minimum Gasteiger partial charge on any atom is -0.382 e. The highest BCUT2D eigenvalue weighted by Gasteiger charge is 2.15. The molecule has 100 valence electrons. The van der Waals surface area contributed by atoms with E-state index in [-0.39, 0.29) is 11.4 Å². The number of nitrogens with two attached hydrogens (primary N) is 1. The number of pyridine rings is 1. The number of rotatable bonds is 7. The van der Waals surface area contributed by atoms with Gasteiger partial charge < -0.3 is 15.2 Å². The zero-order valence-electron chi connectivity index (χ0n) is 11.2. The molecule has 0 aromatic carbocycles. The topological polar surface area (TPSA) is 81.2 Å². The van der Waals surface area contributed by atoms with Gasteiger partial charge in [0.15, 0.2) is 0 Å².